The number of ether oxygens (including phenoxy) is 4. The highest BCUT2D eigenvalue weighted by Gasteiger charge is 2.30. The molecule has 528 valence electrons. The van der Waals surface area contributed by atoms with Crippen molar-refractivity contribution in [2.45, 2.75) is 386 Å². The molecule has 0 aromatic carbocycles. The third-order valence-electron chi connectivity index (χ3n) is 16.4. The van der Waals surface area contributed by atoms with Crippen LogP contribution in [0.15, 0.2) is 0 Å². The maximum Gasteiger partial charge on any atom is 0.472 e. The molecule has 0 aromatic heterocycles. The SMILES string of the molecule is CCCCCCCCCCCCCCCCCCCCCC(=O)O[C@H](COC(=O)CCCCCCCCCCCCCCCCC)COP(=O)(O)OC[C@@H](O)COP(=O)(O)OC[C@@H](COC(=O)CCCCCCCCC)OC(=O)CCCCCCCCCC. The van der Waals surface area contributed by atoms with E-state index in [1.54, 1.807) is 0 Å². The molecule has 19 heteroatoms. The second-order valence-corrected chi connectivity index (χ2v) is 28.2. The maximum absolute atomic E-state index is 13.0. The highest BCUT2D eigenvalue weighted by molar-refractivity contribution is 7.47. The topological polar surface area (TPSA) is 237 Å². The minimum absolute atomic E-state index is 0.105. The summed E-state index contributed by atoms with van der Waals surface area (Å²) in [5.74, 6) is -2.13. The van der Waals surface area contributed by atoms with Crippen LogP contribution in [0.4, 0.5) is 0 Å². The van der Waals surface area contributed by atoms with Gasteiger partial charge in [0.1, 0.15) is 19.3 Å². The predicted molar refractivity (Wildman–Crippen MR) is 359 cm³/mol. The van der Waals surface area contributed by atoms with Crippen LogP contribution in [0.25, 0.3) is 0 Å². The van der Waals surface area contributed by atoms with Crippen molar-refractivity contribution in [3.8, 4) is 0 Å². The first-order chi connectivity index (χ1) is 43.2. The standard InChI is InChI=1S/C70H136O17P2/c1-5-9-13-17-21-24-26-28-30-31-32-33-35-37-39-41-45-49-53-57-70(75)87-66(61-81-68(73)55-51-47-44-40-38-36-34-29-27-25-22-18-14-10-6-2)63-85-89(78,79)83-59-64(71)58-82-88(76,77)84-62-65(60-80-67(72)54-50-46-42-20-16-12-8-4)86-69(74)56-52-48-43-23-19-15-11-7-3/h64-66,71H,5-63H2,1-4H3,(H,76,77)(H,78,79)/t64-,65+,66+/m0/s1. The van der Waals surface area contributed by atoms with Crippen molar-refractivity contribution in [2.24, 2.45) is 0 Å². The summed E-state index contributed by atoms with van der Waals surface area (Å²) in [7, 11) is -9.89. The maximum atomic E-state index is 13.0. The molecule has 0 saturated heterocycles. The quantitative estimate of drug-likeness (QED) is 0.0222. The lowest BCUT2D eigenvalue weighted by Gasteiger charge is -2.21. The van der Waals surface area contributed by atoms with Gasteiger partial charge in [-0.05, 0) is 25.7 Å². The number of carbonyl (C=O) groups is 4. The summed E-state index contributed by atoms with van der Waals surface area (Å²) in [6.07, 6.45) is 53.0. The minimum atomic E-state index is -4.95. The number of aliphatic hydroxyl groups is 1. The number of unbranched alkanes of at least 4 members (excludes halogenated alkanes) is 45. The van der Waals surface area contributed by atoms with Crippen LogP contribution in [-0.2, 0) is 65.4 Å². The van der Waals surface area contributed by atoms with Crippen molar-refractivity contribution in [1.29, 1.82) is 0 Å². The van der Waals surface area contributed by atoms with Gasteiger partial charge in [0.05, 0.1) is 26.4 Å². The Morgan fingerprint density at radius 2 is 0.449 bits per heavy atom. The molecule has 0 aliphatic heterocycles. The Hall–Kier alpha value is -1.94. The van der Waals surface area contributed by atoms with Gasteiger partial charge < -0.3 is 33.8 Å². The Kier molecular flexibility index (Phi) is 63.3. The third-order valence-corrected chi connectivity index (χ3v) is 18.3. The van der Waals surface area contributed by atoms with E-state index in [4.69, 9.17) is 37.0 Å². The van der Waals surface area contributed by atoms with Crippen molar-refractivity contribution >= 4 is 39.5 Å². The van der Waals surface area contributed by atoms with E-state index >= 15 is 0 Å². The van der Waals surface area contributed by atoms with E-state index in [9.17, 15) is 43.2 Å². The van der Waals surface area contributed by atoms with Crippen LogP contribution in [0.3, 0.4) is 0 Å². The number of rotatable bonds is 71. The molecule has 5 atom stereocenters. The Labute approximate surface area is 543 Å². The van der Waals surface area contributed by atoms with E-state index in [0.717, 1.165) is 109 Å². The van der Waals surface area contributed by atoms with Gasteiger partial charge in [-0.3, -0.25) is 37.3 Å². The van der Waals surface area contributed by atoms with E-state index in [-0.39, 0.29) is 25.7 Å². The fraction of sp³-hybridized carbons (Fsp3) is 0.943. The Morgan fingerprint density at radius 1 is 0.270 bits per heavy atom. The van der Waals surface area contributed by atoms with Crippen LogP contribution in [0.2, 0.25) is 0 Å². The lowest BCUT2D eigenvalue weighted by atomic mass is 10.0. The fourth-order valence-corrected chi connectivity index (χ4v) is 12.3. The van der Waals surface area contributed by atoms with Crippen molar-refractivity contribution in [2.75, 3.05) is 39.6 Å². The number of phosphoric ester groups is 2. The number of aliphatic hydroxyl groups excluding tert-OH is 1. The van der Waals surface area contributed by atoms with Gasteiger partial charge in [0.25, 0.3) is 0 Å². The first-order valence-corrected chi connectivity index (χ1v) is 39.8. The Morgan fingerprint density at radius 3 is 0.663 bits per heavy atom. The molecule has 0 heterocycles. The van der Waals surface area contributed by atoms with Crippen LogP contribution in [0.5, 0.6) is 0 Å². The fourth-order valence-electron chi connectivity index (χ4n) is 10.7. The summed E-state index contributed by atoms with van der Waals surface area (Å²) >= 11 is 0. The lowest BCUT2D eigenvalue weighted by Crippen LogP contribution is -2.30. The molecule has 0 fully saturated rings. The first-order valence-electron chi connectivity index (χ1n) is 36.8. The molecule has 0 amide bonds. The van der Waals surface area contributed by atoms with Crippen LogP contribution in [0, 0.1) is 0 Å². The van der Waals surface area contributed by atoms with E-state index in [0.29, 0.717) is 25.7 Å². The molecule has 0 radical (unpaired) electrons. The van der Waals surface area contributed by atoms with Gasteiger partial charge in [0, 0.05) is 25.7 Å². The molecule has 0 spiro atoms. The zero-order chi connectivity index (χ0) is 65.4. The van der Waals surface area contributed by atoms with Crippen LogP contribution in [0.1, 0.15) is 368 Å². The summed E-state index contributed by atoms with van der Waals surface area (Å²) in [6.45, 7) is 4.88. The van der Waals surface area contributed by atoms with E-state index in [1.807, 2.05) is 0 Å². The van der Waals surface area contributed by atoms with Crippen molar-refractivity contribution < 1.29 is 80.2 Å². The third kappa shape index (κ3) is 64.6. The molecule has 2 unspecified atom stereocenters. The van der Waals surface area contributed by atoms with E-state index in [2.05, 4.69) is 27.7 Å². The van der Waals surface area contributed by atoms with Crippen molar-refractivity contribution in [3.05, 3.63) is 0 Å². The monoisotopic (exact) mass is 1310 g/mol. The summed E-state index contributed by atoms with van der Waals surface area (Å²) in [5.41, 5.74) is 0. The molecule has 0 bridgehead atoms. The van der Waals surface area contributed by atoms with Gasteiger partial charge in [-0.25, -0.2) is 9.13 Å². The molecule has 0 aliphatic rings. The molecule has 0 aliphatic carbocycles. The average Bonchev–Trinajstić information content (AvgIpc) is 3.64. The molecule has 0 rings (SSSR count). The minimum Gasteiger partial charge on any atom is -0.462 e. The van der Waals surface area contributed by atoms with E-state index in [1.165, 1.54) is 180 Å². The average molecular weight is 1310 g/mol. The summed E-state index contributed by atoms with van der Waals surface area (Å²) in [4.78, 5) is 72.3. The molecule has 0 saturated carbocycles. The number of esters is 4. The van der Waals surface area contributed by atoms with Gasteiger partial charge in [-0.15, -0.1) is 0 Å². The van der Waals surface area contributed by atoms with Crippen LogP contribution in [-0.4, -0.2) is 96.7 Å². The number of hydrogen-bond acceptors (Lipinski definition) is 15. The van der Waals surface area contributed by atoms with Gasteiger partial charge >= 0.3 is 39.5 Å². The first kappa shape index (κ1) is 87.1. The van der Waals surface area contributed by atoms with Gasteiger partial charge in [-0.1, -0.05) is 317 Å². The number of carbonyl (C=O) groups excluding carboxylic acids is 4. The summed E-state index contributed by atoms with van der Waals surface area (Å²) in [5, 5.41) is 10.6. The van der Waals surface area contributed by atoms with Crippen LogP contribution < -0.4 is 0 Å². The van der Waals surface area contributed by atoms with Gasteiger partial charge in [0.15, 0.2) is 12.2 Å². The smallest absolute Gasteiger partial charge is 0.462 e. The normalized spacial score (nSPS) is 14.0. The second kappa shape index (κ2) is 64.8. The number of phosphoric acid groups is 2. The van der Waals surface area contributed by atoms with E-state index < -0.39 is 97.5 Å². The molecular weight excluding hydrogens is 1170 g/mol. The molecule has 0 aromatic rings. The molecule has 17 nitrogen and oxygen atoms in total. The highest BCUT2D eigenvalue weighted by Crippen LogP contribution is 2.45. The largest absolute Gasteiger partial charge is 0.472 e. The van der Waals surface area contributed by atoms with Crippen molar-refractivity contribution in [3.63, 3.8) is 0 Å². The van der Waals surface area contributed by atoms with Gasteiger partial charge in [0.2, 0.25) is 0 Å². The lowest BCUT2D eigenvalue weighted by molar-refractivity contribution is -0.161. The summed E-state index contributed by atoms with van der Waals surface area (Å²) in [6, 6.07) is 0. The predicted octanol–water partition coefficient (Wildman–Crippen LogP) is 20.3. The summed E-state index contributed by atoms with van der Waals surface area (Å²) < 4.78 is 68.1. The molecule has 89 heavy (non-hydrogen) atoms. The Balaban J connectivity index is 5.15. The highest BCUT2D eigenvalue weighted by atomic mass is 31.2. The molecule has 3 N–H and O–H groups in total. The molecular formula is C70H136O17P2. The van der Waals surface area contributed by atoms with Gasteiger partial charge in [-0.2, -0.15) is 0 Å². The zero-order valence-corrected chi connectivity index (χ0v) is 59.2. The zero-order valence-electron chi connectivity index (χ0n) is 57.4. The van der Waals surface area contributed by atoms with Crippen LogP contribution >= 0.6 is 15.6 Å². The Bertz CT molecular complexity index is 1710. The van der Waals surface area contributed by atoms with Crippen molar-refractivity contribution in [1.82, 2.24) is 0 Å². The number of hydrogen-bond donors (Lipinski definition) is 3. The second-order valence-electron chi connectivity index (χ2n) is 25.3.